The van der Waals surface area contributed by atoms with Crippen molar-refractivity contribution in [2.24, 2.45) is 0 Å². The molecule has 1 aliphatic heterocycles. The van der Waals surface area contributed by atoms with Crippen LogP contribution in [0.5, 0.6) is 5.75 Å². The maximum atomic E-state index is 13.2. The molecule has 7 heteroatoms. The number of hydrogen-bond acceptors (Lipinski definition) is 4. The molecule has 1 heterocycles. The molecular weight excluding hydrogens is 422 g/mol. The third kappa shape index (κ3) is 3.60. The fourth-order valence-electron chi connectivity index (χ4n) is 2.85. The molecule has 134 valence electrons. The summed E-state index contributed by atoms with van der Waals surface area (Å²) in [7, 11) is -1.97. The van der Waals surface area contributed by atoms with Gasteiger partial charge in [0, 0.05) is 22.3 Å². The van der Waals surface area contributed by atoms with Crippen molar-refractivity contribution >= 4 is 37.7 Å². The summed E-state index contributed by atoms with van der Waals surface area (Å²) >= 11 is 5.09. The van der Waals surface area contributed by atoms with Crippen LogP contribution < -0.4 is 4.74 Å². The minimum atomic E-state index is -3.57. The second kappa shape index (κ2) is 7.31. The highest BCUT2D eigenvalue weighted by atomic mass is 79.9. The van der Waals surface area contributed by atoms with Crippen molar-refractivity contribution in [2.75, 3.05) is 19.4 Å². The number of aryl methyl sites for hydroxylation is 2. The molecule has 1 fully saturated rings. The Balaban J connectivity index is 2.04. The Hall–Kier alpha value is -1.02. The fraction of sp³-hybridized carbons (Fsp3) is 0.333. The van der Waals surface area contributed by atoms with Crippen LogP contribution in [0.2, 0.25) is 0 Å². The summed E-state index contributed by atoms with van der Waals surface area (Å²) in [6, 6.07) is 11.0. The van der Waals surface area contributed by atoms with Gasteiger partial charge in [0.2, 0.25) is 10.0 Å². The summed E-state index contributed by atoms with van der Waals surface area (Å²) in [5.74, 6) is 1.45. The van der Waals surface area contributed by atoms with Crippen LogP contribution in [0.3, 0.4) is 0 Å². The molecule has 2 aromatic rings. The van der Waals surface area contributed by atoms with Crippen LogP contribution in [0.25, 0.3) is 0 Å². The van der Waals surface area contributed by atoms with Gasteiger partial charge < -0.3 is 4.74 Å². The first-order valence-corrected chi connectivity index (χ1v) is 11.2. The van der Waals surface area contributed by atoms with Crippen molar-refractivity contribution < 1.29 is 13.2 Å². The Bertz CT molecular complexity index is 899. The molecule has 2 aromatic carbocycles. The molecule has 0 bridgehead atoms. The number of methoxy groups -OCH3 is 1. The largest absolute Gasteiger partial charge is 0.496 e. The Labute approximate surface area is 161 Å². The van der Waals surface area contributed by atoms with Crippen molar-refractivity contribution in [3.05, 3.63) is 57.6 Å². The average Bonchev–Trinajstić information content (AvgIpc) is 3.07. The van der Waals surface area contributed by atoms with Crippen molar-refractivity contribution in [2.45, 2.75) is 24.1 Å². The van der Waals surface area contributed by atoms with Gasteiger partial charge >= 0.3 is 0 Å². The molecule has 1 atom stereocenters. The minimum Gasteiger partial charge on any atom is -0.496 e. The molecule has 0 amide bonds. The zero-order valence-corrected chi connectivity index (χ0v) is 17.5. The Morgan fingerprint density at radius 3 is 2.60 bits per heavy atom. The molecule has 0 radical (unpaired) electrons. The third-order valence-electron chi connectivity index (χ3n) is 4.39. The topological polar surface area (TPSA) is 46.6 Å². The van der Waals surface area contributed by atoms with Crippen LogP contribution >= 0.6 is 27.7 Å². The van der Waals surface area contributed by atoms with Crippen molar-refractivity contribution in [3.63, 3.8) is 0 Å². The number of rotatable bonds is 4. The number of nitrogens with zero attached hydrogens (tertiary/aromatic N) is 1. The van der Waals surface area contributed by atoms with Crippen LogP contribution in [-0.2, 0) is 10.0 Å². The fourth-order valence-corrected chi connectivity index (χ4v) is 6.57. The molecule has 0 saturated carbocycles. The zero-order valence-electron chi connectivity index (χ0n) is 14.3. The summed E-state index contributed by atoms with van der Waals surface area (Å²) in [6.45, 7) is 4.40. The lowest BCUT2D eigenvalue weighted by molar-refractivity contribution is 0.390. The van der Waals surface area contributed by atoms with E-state index >= 15 is 0 Å². The molecule has 0 N–H and O–H groups in total. The molecule has 0 aliphatic carbocycles. The molecule has 0 aromatic heterocycles. The summed E-state index contributed by atoms with van der Waals surface area (Å²) < 4.78 is 34.4. The Kier molecular flexibility index (Phi) is 5.48. The highest BCUT2D eigenvalue weighted by molar-refractivity contribution is 9.10. The maximum Gasteiger partial charge on any atom is 0.244 e. The van der Waals surface area contributed by atoms with Crippen LogP contribution in [0.4, 0.5) is 0 Å². The molecule has 1 unspecified atom stereocenters. The number of halogens is 1. The van der Waals surface area contributed by atoms with Gasteiger partial charge in [-0.05, 0) is 55.3 Å². The first kappa shape index (κ1) is 18.8. The first-order chi connectivity index (χ1) is 11.8. The molecule has 4 nitrogen and oxygen atoms in total. The lowest BCUT2D eigenvalue weighted by Crippen LogP contribution is -2.30. The lowest BCUT2D eigenvalue weighted by Gasteiger charge is -2.25. The molecule has 1 aliphatic rings. The van der Waals surface area contributed by atoms with Crippen LogP contribution in [0.1, 0.15) is 22.1 Å². The van der Waals surface area contributed by atoms with E-state index in [1.165, 1.54) is 0 Å². The van der Waals surface area contributed by atoms with Crippen LogP contribution in [-0.4, -0.2) is 32.1 Å². The number of benzene rings is 2. The predicted molar refractivity (Wildman–Crippen MR) is 106 cm³/mol. The van der Waals surface area contributed by atoms with E-state index in [1.807, 2.05) is 38.1 Å². The van der Waals surface area contributed by atoms with E-state index < -0.39 is 10.0 Å². The van der Waals surface area contributed by atoms with Gasteiger partial charge in [-0.3, -0.25) is 0 Å². The van der Waals surface area contributed by atoms with Crippen LogP contribution in [0.15, 0.2) is 45.8 Å². The van der Waals surface area contributed by atoms with E-state index in [2.05, 4.69) is 15.9 Å². The lowest BCUT2D eigenvalue weighted by atomic mass is 10.1. The zero-order chi connectivity index (χ0) is 18.2. The second-order valence-electron chi connectivity index (χ2n) is 5.97. The van der Waals surface area contributed by atoms with Crippen LogP contribution in [0, 0.1) is 13.8 Å². The van der Waals surface area contributed by atoms with Crippen molar-refractivity contribution in [1.29, 1.82) is 0 Å². The normalized spacial score (nSPS) is 18.5. The highest BCUT2D eigenvalue weighted by Crippen LogP contribution is 2.45. The van der Waals surface area contributed by atoms with E-state index in [1.54, 1.807) is 35.3 Å². The van der Waals surface area contributed by atoms with Crippen molar-refractivity contribution in [3.8, 4) is 5.75 Å². The van der Waals surface area contributed by atoms with E-state index in [0.717, 1.165) is 26.9 Å². The Morgan fingerprint density at radius 2 is 1.92 bits per heavy atom. The summed E-state index contributed by atoms with van der Waals surface area (Å²) in [4.78, 5) is 0.345. The minimum absolute atomic E-state index is 0.293. The van der Waals surface area contributed by atoms with Gasteiger partial charge in [0.1, 0.15) is 5.75 Å². The number of sulfonamides is 1. The van der Waals surface area contributed by atoms with E-state index in [-0.39, 0.29) is 5.37 Å². The maximum absolute atomic E-state index is 13.2. The standard InChI is InChI=1S/C18H20BrNO3S2/c1-12-4-6-15(10-13(12)2)25(21,22)20-8-9-24-18(20)16-11-14(19)5-7-17(16)23-3/h4-7,10-11,18H,8-9H2,1-3H3. The summed E-state index contributed by atoms with van der Waals surface area (Å²) in [6.07, 6.45) is 0. The van der Waals surface area contributed by atoms with E-state index in [0.29, 0.717) is 17.2 Å². The molecular formula is C18H20BrNO3S2. The van der Waals surface area contributed by atoms with Gasteiger partial charge in [0.25, 0.3) is 0 Å². The van der Waals surface area contributed by atoms with Gasteiger partial charge in [-0.2, -0.15) is 4.31 Å². The molecule has 25 heavy (non-hydrogen) atoms. The summed E-state index contributed by atoms with van der Waals surface area (Å²) in [5.41, 5.74) is 2.93. The van der Waals surface area contributed by atoms with Gasteiger partial charge in [0.05, 0.1) is 17.4 Å². The predicted octanol–water partition coefficient (Wildman–Crippen LogP) is 4.51. The van der Waals surface area contributed by atoms with E-state index in [9.17, 15) is 8.42 Å². The quantitative estimate of drug-likeness (QED) is 0.699. The third-order valence-corrected chi connectivity index (χ3v) is 8.12. The smallest absolute Gasteiger partial charge is 0.244 e. The van der Waals surface area contributed by atoms with Gasteiger partial charge in [-0.1, -0.05) is 22.0 Å². The Morgan fingerprint density at radius 1 is 1.16 bits per heavy atom. The van der Waals surface area contributed by atoms with E-state index in [4.69, 9.17) is 4.74 Å². The highest BCUT2D eigenvalue weighted by Gasteiger charge is 2.38. The monoisotopic (exact) mass is 441 g/mol. The van der Waals surface area contributed by atoms with Gasteiger partial charge in [0.15, 0.2) is 0 Å². The molecule has 1 saturated heterocycles. The number of ether oxygens (including phenoxy) is 1. The molecule has 0 spiro atoms. The van der Waals surface area contributed by atoms with Gasteiger partial charge in [-0.15, -0.1) is 11.8 Å². The average molecular weight is 442 g/mol. The van der Waals surface area contributed by atoms with Crippen molar-refractivity contribution in [1.82, 2.24) is 4.31 Å². The second-order valence-corrected chi connectivity index (χ2v) is 9.97. The SMILES string of the molecule is COc1ccc(Br)cc1C1SCCN1S(=O)(=O)c1ccc(C)c(C)c1. The summed E-state index contributed by atoms with van der Waals surface area (Å²) in [5, 5.41) is -0.293. The number of thioether (sulfide) groups is 1. The first-order valence-electron chi connectivity index (χ1n) is 7.88. The van der Waals surface area contributed by atoms with Gasteiger partial charge in [-0.25, -0.2) is 8.42 Å². The number of hydrogen-bond donors (Lipinski definition) is 0. The molecule has 3 rings (SSSR count).